The predicted octanol–water partition coefficient (Wildman–Crippen LogP) is 3.85. The summed E-state index contributed by atoms with van der Waals surface area (Å²) in [5.74, 6) is 0.938. The molecule has 0 aliphatic carbocycles. The summed E-state index contributed by atoms with van der Waals surface area (Å²) in [4.78, 5) is 0. The fourth-order valence-electron chi connectivity index (χ4n) is 1.90. The molecular weight excluding hydrogens is 268 g/mol. The van der Waals surface area contributed by atoms with Crippen molar-refractivity contribution in [3.63, 3.8) is 0 Å². The highest BCUT2D eigenvalue weighted by molar-refractivity contribution is 6.88. The average Bonchev–Trinajstić information content (AvgIpc) is 2.23. The van der Waals surface area contributed by atoms with Crippen LogP contribution in [0.25, 0.3) is 0 Å². The van der Waals surface area contributed by atoms with Crippen molar-refractivity contribution in [1.82, 2.24) is 0 Å². The van der Waals surface area contributed by atoms with Crippen LogP contribution in [0.3, 0.4) is 0 Å². The molecule has 1 atom stereocenters. The molecule has 1 aromatic carbocycles. The van der Waals surface area contributed by atoms with Crippen molar-refractivity contribution in [2.75, 3.05) is 6.61 Å². The van der Waals surface area contributed by atoms with Gasteiger partial charge in [-0.05, 0) is 38.7 Å². The van der Waals surface area contributed by atoms with Crippen LogP contribution in [0.4, 0.5) is 0 Å². The zero-order chi connectivity index (χ0) is 14.7. The lowest BCUT2D eigenvalue weighted by atomic mass is 10.3. The van der Waals surface area contributed by atoms with E-state index in [4.69, 9.17) is 9.16 Å². The first kappa shape index (κ1) is 16.5. The summed E-state index contributed by atoms with van der Waals surface area (Å²) in [6.45, 7) is 16.4. The molecule has 0 saturated heterocycles. The van der Waals surface area contributed by atoms with Gasteiger partial charge in [0.2, 0.25) is 0 Å². The monoisotopic (exact) mass is 296 g/mol. The van der Waals surface area contributed by atoms with Crippen LogP contribution in [-0.4, -0.2) is 29.1 Å². The fourth-order valence-corrected chi connectivity index (χ4v) is 4.34. The Labute approximate surface area is 120 Å². The summed E-state index contributed by atoms with van der Waals surface area (Å²) in [5, 5.41) is 1.46. The number of rotatable bonds is 6. The van der Waals surface area contributed by atoms with E-state index in [1.54, 1.807) is 0 Å². The van der Waals surface area contributed by atoms with Gasteiger partial charge in [-0.2, -0.15) is 0 Å². The first-order valence-electron chi connectivity index (χ1n) is 6.99. The van der Waals surface area contributed by atoms with Crippen molar-refractivity contribution in [3.05, 3.63) is 24.3 Å². The van der Waals surface area contributed by atoms with E-state index in [2.05, 4.69) is 70.5 Å². The standard InChI is InChI=1S/C15H28O2Si2/c1-13(17-19(5,6)7)12-16-14-8-10-15(11-9-14)18(2,3)4/h8-11,13H,12H2,1-7H3. The Bertz CT molecular complexity index is 388. The van der Waals surface area contributed by atoms with Crippen LogP contribution in [0, 0.1) is 0 Å². The average molecular weight is 297 g/mol. The summed E-state index contributed by atoms with van der Waals surface area (Å²) in [7, 11) is -2.67. The van der Waals surface area contributed by atoms with Gasteiger partial charge in [0.15, 0.2) is 8.32 Å². The van der Waals surface area contributed by atoms with E-state index in [0.717, 1.165) is 5.75 Å². The van der Waals surface area contributed by atoms with E-state index in [0.29, 0.717) is 6.61 Å². The van der Waals surface area contributed by atoms with Gasteiger partial charge < -0.3 is 9.16 Å². The molecule has 0 spiro atoms. The van der Waals surface area contributed by atoms with Crippen molar-refractivity contribution < 1.29 is 9.16 Å². The highest BCUT2D eigenvalue weighted by Gasteiger charge is 2.19. The Balaban J connectivity index is 2.51. The van der Waals surface area contributed by atoms with Gasteiger partial charge >= 0.3 is 0 Å². The molecule has 0 radical (unpaired) electrons. The van der Waals surface area contributed by atoms with Gasteiger partial charge in [0.25, 0.3) is 0 Å². The second kappa shape index (κ2) is 6.24. The summed E-state index contributed by atoms with van der Waals surface area (Å²) < 4.78 is 11.8. The summed E-state index contributed by atoms with van der Waals surface area (Å²) in [6.07, 6.45) is 0.156. The normalized spacial score (nSPS) is 14.3. The van der Waals surface area contributed by atoms with Crippen molar-refractivity contribution in [1.29, 1.82) is 0 Å². The van der Waals surface area contributed by atoms with Crippen molar-refractivity contribution in [3.8, 4) is 5.75 Å². The third kappa shape index (κ3) is 6.41. The first-order chi connectivity index (χ1) is 8.58. The lowest BCUT2D eigenvalue weighted by Gasteiger charge is -2.23. The van der Waals surface area contributed by atoms with Gasteiger partial charge in [0.05, 0.1) is 14.2 Å². The molecule has 0 N–H and O–H groups in total. The quantitative estimate of drug-likeness (QED) is 0.742. The molecule has 0 amide bonds. The molecule has 0 fully saturated rings. The van der Waals surface area contributed by atoms with E-state index in [-0.39, 0.29) is 6.10 Å². The van der Waals surface area contributed by atoms with Crippen LogP contribution in [-0.2, 0) is 4.43 Å². The molecule has 1 unspecified atom stereocenters. The Morgan fingerprint density at radius 1 is 0.947 bits per heavy atom. The molecule has 1 aromatic rings. The molecule has 0 aromatic heterocycles. The molecular formula is C15H28O2Si2. The molecule has 108 valence electrons. The van der Waals surface area contributed by atoms with Gasteiger partial charge in [0.1, 0.15) is 12.4 Å². The maximum Gasteiger partial charge on any atom is 0.184 e. The SMILES string of the molecule is CC(COc1ccc([Si](C)(C)C)cc1)O[Si](C)(C)C. The smallest absolute Gasteiger partial charge is 0.184 e. The van der Waals surface area contributed by atoms with E-state index in [1.165, 1.54) is 5.19 Å². The van der Waals surface area contributed by atoms with Crippen LogP contribution >= 0.6 is 0 Å². The van der Waals surface area contributed by atoms with Crippen LogP contribution in [0.5, 0.6) is 5.75 Å². The molecule has 2 nitrogen and oxygen atoms in total. The molecule has 19 heavy (non-hydrogen) atoms. The highest BCUT2D eigenvalue weighted by atomic mass is 28.4. The predicted molar refractivity (Wildman–Crippen MR) is 88.8 cm³/mol. The Hall–Kier alpha value is -0.586. The molecule has 0 heterocycles. The number of ether oxygens (including phenoxy) is 1. The van der Waals surface area contributed by atoms with E-state index in [1.807, 2.05) is 0 Å². The van der Waals surface area contributed by atoms with E-state index in [9.17, 15) is 0 Å². The van der Waals surface area contributed by atoms with Crippen molar-refractivity contribution in [2.45, 2.75) is 52.3 Å². The Morgan fingerprint density at radius 2 is 1.47 bits per heavy atom. The minimum Gasteiger partial charge on any atom is -0.491 e. The van der Waals surface area contributed by atoms with Gasteiger partial charge in [0, 0.05) is 0 Å². The third-order valence-electron chi connectivity index (χ3n) is 2.76. The maximum atomic E-state index is 5.96. The van der Waals surface area contributed by atoms with Gasteiger partial charge in [-0.25, -0.2) is 0 Å². The Kier molecular flexibility index (Phi) is 5.41. The van der Waals surface area contributed by atoms with Gasteiger partial charge in [-0.1, -0.05) is 37.0 Å². The second-order valence-corrected chi connectivity index (χ2v) is 16.7. The zero-order valence-electron chi connectivity index (χ0n) is 13.4. The van der Waals surface area contributed by atoms with E-state index >= 15 is 0 Å². The number of benzene rings is 1. The lowest BCUT2D eigenvalue weighted by Crippen LogP contribution is -2.37. The summed E-state index contributed by atoms with van der Waals surface area (Å²) in [6, 6.07) is 8.56. The van der Waals surface area contributed by atoms with E-state index < -0.39 is 16.4 Å². The Morgan fingerprint density at radius 3 is 1.89 bits per heavy atom. The summed E-state index contributed by atoms with van der Waals surface area (Å²) in [5.41, 5.74) is 0. The van der Waals surface area contributed by atoms with Crippen LogP contribution < -0.4 is 9.92 Å². The van der Waals surface area contributed by atoms with Gasteiger partial charge in [-0.15, -0.1) is 0 Å². The topological polar surface area (TPSA) is 18.5 Å². The molecule has 1 rings (SSSR count). The van der Waals surface area contributed by atoms with Gasteiger partial charge in [-0.3, -0.25) is 0 Å². The molecule has 0 aliphatic rings. The van der Waals surface area contributed by atoms with Crippen molar-refractivity contribution >= 4 is 21.6 Å². The highest BCUT2D eigenvalue weighted by Crippen LogP contribution is 2.13. The lowest BCUT2D eigenvalue weighted by molar-refractivity contribution is 0.137. The minimum absolute atomic E-state index is 0.156. The van der Waals surface area contributed by atoms with Crippen LogP contribution in [0.2, 0.25) is 39.3 Å². The number of hydrogen-bond donors (Lipinski definition) is 0. The van der Waals surface area contributed by atoms with Crippen LogP contribution in [0.15, 0.2) is 24.3 Å². The zero-order valence-corrected chi connectivity index (χ0v) is 15.4. The molecule has 0 bridgehead atoms. The fraction of sp³-hybridized carbons (Fsp3) is 0.600. The second-order valence-electron chi connectivity index (χ2n) is 7.13. The molecule has 0 saturated carbocycles. The molecule has 0 aliphatic heterocycles. The van der Waals surface area contributed by atoms with Crippen LogP contribution in [0.1, 0.15) is 6.92 Å². The largest absolute Gasteiger partial charge is 0.491 e. The first-order valence-corrected chi connectivity index (χ1v) is 13.9. The summed E-state index contributed by atoms with van der Waals surface area (Å²) >= 11 is 0. The minimum atomic E-state index is -1.47. The third-order valence-corrected chi connectivity index (χ3v) is 5.93. The number of hydrogen-bond acceptors (Lipinski definition) is 2. The maximum absolute atomic E-state index is 5.96. The van der Waals surface area contributed by atoms with Crippen molar-refractivity contribution in [2.24, 2.45) is 0 Å². The molecule has 4 heteroatoms.